The SMILES string of the molecule is CC(CNCC1CCSCC1)C(N)=O. The second-order valence-electron chi connectivity index (χ2n) is 4.02. The molecule has 1 aliphatic rings. The van der Waals surface area contributed by atoms with Crippen molar-refractivity contribution >= 4 is 17.7 Å². The maximum absolute atomic E-state index is 10.8. The Kier molecular flexibility index (Phi) is 5.33. The van der Waals surface area contributed by atoms with E-state index in [-0.39, 0.29) is 11.8 Å². The maximum atomic E-state index is 10.8. The number of carbonyl (C=O) groups is 1. The van der Waals surface area contributed by atoms with Crippen LogP contribution in [0.1, 0.15) is 19.8 Å². The van der Waals surface area contributed by atoms with Crippen molar-refractivity contribution in [3.8, 4) is 0 Å². The fourth-order valence-electron chi connectivity index (χ4n) is 1.56. The van der Waals surface area contributed by atoms with Crippen molar-refractivity contribution in [2.75, 3.05) is 24.6 Å². The lowest BCUT2D eigenvalue weighted by atomic mass is 10.0. The fraction of sp³-hybridized carbons (Fsp3) is 0.900. The number of nitrogens with one attached hydrogen (secondary N) is 1. The van der Waals surface area contributed by atoms with E-state index in [2.05, 4.69) is 5.32 Å². The van der Waals surface area contributed by atoms with Gasteiger partial charge in [-0.15, -0.1) is 0 Å². The molecule has 3 nitrogen and oxygen atoms in total. The minimum atomic E-state index is -0.211. The van der Waals surface area contributed by atoms with Crippen molar-refractivity contribution in [1.29, 1.82) is 0 Å². The predicted molar refractivity (Wildman–Crippen MR) is 61.3 cm³/mol. The van der Waals surface area contributed by atoms with E-state index in [0.29, 0.717) is 0 Å². The molecule has 4 heteroatoms. The van der Waals surface area contributed by atoms with Crippen molar-refractivity contribution in [3.63, 3.8) is 0 Å². The molecular weight excluding hydrogens is 196 g/mol. The third-order valence-electron chi connectivity index (χ3n) is 2.71. The van der Waals surface area contributed by atoms with Crippen LogP contribution in [0.4, 0.5) is 0 Å². The Morgan fingerprint density at radius 3 is 2.79 bits per heavy atom. The highest BCUT2D eigenvalue weighted by Crippen LogP contribution is 2.21. The van der Waals surface area contributed by atoms with Gasteiger partial charge in [0.2, 0.25) is 5.91 Å². The topological polar surface area (TPSA) is 55.1 Å². The molecule has 1 fully saturated rings. The van der Waals surface area contributed by atoms with Crippen LogP contribution in [0.25, 0.3) is 0 Å². The molecule has 0 spiro atoms. The smallest absolute Gasteiger partial charge is 0.221 e. The van der Waals surface area contributed by atoms with Crippen molar-refractivity contribution in [1.82, 2.24) is 5.32 Å². The zero-order valence-corrected chi connectivity index (χ0v) is 9.61. The van der Waals surface area contributed by atoms with Crippen LogP contribution in [0.15, 0.2) is 0 Å². The number of hydrogen-bond donors (Lipinski definition) is 2. The zero-order valence-electron chi connectivity index (χ0n) is 8.79. The number of amides is 1. The first-order chi connectivity index (χ1) is 6.70. The summed E-state index contributed by atoms with van der Waals surface area (Å²) in [6.07, 6.45) is 2.62. The first-order valence-corrected chi connectivity index (χ1v) is 6.43. The van der Waals surface area contributed by atoms with Crippen molar-refractivity contribution in [3.05, 3.63) is 0 Å². The van der Waals surface area contributed by atoms with Gasteiger partial charge in [-0.3, -0.25) is 4.79 Å². The van der Waals surface area contributed by atoms with Gasteiger partial charge < -0.3 is 11.1 Å². The van der Waals surface area contributed by atoms with Crippen LogP contribution in [-0.4, -0.2) is 30.5 Å². The number of rotatable bonds is 5. The molecule has 3 N–H and O–H groups in total. The lowest BCUT2D eigenvalue weighted by Crippen LogP contribution is -2.34. The Morgan fingerprint density at radius 2 is 2.21 bits per heavy atom. The van der Waals surface area contributed by atoms with Crippen LogP contribution >= 0.6 is 11.8 Å². The summed E-state index contributed by atoms with van der Waals surface area (Å²) in [4.78, 5) is 10.8. The summed E-state index contributed by atoms with van der Waals surface area (Å²) in [7, 11) is 0. The van der Waals surface area contributed by atoms with E-state index in [1.807, 2.05) is 18.7 Å². The summed E-state index contributed by atoms with van der Waals surface area (Å²) in [5.74, 6) is 3.12. The van der Waals surface area contributed by atoms with Crippen LogP contribution in [0.5, 0.6) is 0 Å². The number of thioether (sulfide) groups is 1. The van der Waals surface area contributed by atoms with Gasteiger partial charge in [-0.2, -0.15) is 11.8 Å². The molecule has 14 heavy (non-hydrogen) atoms. The molecule has 0 radical (unpaired) electrons. The van der Waals surface area contributed by atoms with E-state index in [0.717, 1.165) is 19.0 Å². The normalized spacial score (nSPS) is 20.6. The van der Waals surface area contributed by atoms with E-state index in [1.165, 1.54) is 24.3 Å². The third kappa shape index (κ3) is 4.33. The maximum Gasteiger partial charge on any atom is 0.221 e. The van der Waals surface area contributed by atoms with Gasteiger partial charge in [-0.1, -0.05) is 6.92 Å². The predicted octanol–water partition coefficient (Wildman–Crippen LogP) is 0.841. The van der Waals surface area contributed by atoms with Gasteiger partial charge >= 0.3 is 0 Å². The second-order valence-corrected chi connectivity index (χ2v) is 5.24. The zero-order chi connectivity index (χ0) is 10.4. The molecular formula is C10H20N2OS. The lowest BCUT2D eigenvalue weighted by molar-refractivity contribution is -0.121. The standard InChI is InChI=1S/C10H20N2OS/c1-8(10(11)13)6-12-7-9-2-4-14-5-3-9/h8-9,12H,2-7H2,1H3,(H2,11,13). The summed E-state index contributed by atoms with van der Waals surface area (Å²) in [6, 6.07) is 0. The lowest BCUT2D eigenvalue weighted by Gasteiger charge is -2.22. The molecule has 0 aromatic rings. The minimum Gasteiger partial charge on any atom is -0.369 e. The molecule has 1 atom stereocenters. The first-order valence-electron chi connectivity index (χ1n) is 5.28. The minimum absolute atomic E-state index is 0.0482. The highest BCUT2D eigenvalue weighted by atomic mass is 32.2. The Hall–Kier alpha value is -0.220. The van der Waals surface area contributed by atoms with Gasteiger partial charge in [0, 0.05) is 12.5 Å². The van der Waals surface area contributed by atoms with Gasteiger partial charge in [0.1, 0.15) is 0 Å². The van der Waals surface area contributed by atoms with Gasteiger partial charge in [-0.05, 0) is 36.8 Å². The summed E-state index contributed by atoms with van der Waals surface area (Å²) >= 11 is 2.04. The average Bonchev–Trinajstić information content (AvgIpc) is 2.19. The second kappa shape index (κ2) is 6.30. The van der Waals surface area contributed by atoms with Gasteiger partial charge in [0.25, 0.3) is 0 Å². The molecule has 1 aliphatic heterocycles. The number of hydrogen-bond acceptors (Lipinski definition) is 3. The number of primary amides is 1. The van der Waals surface area contributed by atoms with Crippen LogP contribution in [0.2, 0.25) is 0 Å². The van der Waals surface area contributed by atoms with Crippen LogP contribution < -0.4 is 11.1 Å². The molecule has 1 amide bonds. The van der Waals surface area contributed by atoms with Crippen molar-refractivity contribution in [2.45, 2.75) is 19.8 Å². The van der Waals surface area contributed by atoms with Gasteiger partial charge in [-0.25, -0.2) is 0 Å². The quantitative estimate of drug-likeness (QED) is 0.716. The highest BCUT2D eigenvalue weighted by molar-refractivity contribution is 7.99. The molecule has 82 valence electrons. The van der Waals surface area contributed by atoms with E-state index >= 15 is 0 Å². The third-order valence-corrected chi connectivity index (χ3v) is 3.76. The molecule has 0 aromatic heterocycles. The fourth-order valence-corrected chi connectivity index (χ4v) is 2.76. The van der Waals surface area contributed by atoms with Crippen LogP contribution in [0, 0.1) is 11.8 Å². The van der Waals surface area contributed by atoms with E-state index < -0.39 is 0 Å². The summed E-state index contributed by atoms with van der Waals surface area (Å²) in [5.41, 5.74) is 5.17. The van der Waals surface area contributed by atoms with E-state index in [4.69, 9.17) is 5.73 Å². The molecule has 0 bridgehead atoms. The first kappa shape index (κ1) is 11.9. The Morgan fingerprint density at radius 1 is 1.57 bits per heavy atom. The van der Waals surface area contributed by atoms with Crippen molar-refractivity contribution < 1.29 is 4.79 Å². The van der Waals surface area contributed by atoms with E-state index in [1.54, 1.807) is 0 Å². The number of nitrogens with two attached hydrogens (primary N) is 1. The van der Waals surface area contributed by atoms with Crippen LogP contribution in [-0.2, 0) is 4.79 Å². The summed E-state index contributed by atoms with van der Waals surface area (Å²) < 4.78 is 0. The average molecular weight is 216 g/mol. The van der Waals surface area contributed by atoms with E-state index in [9.17, 15) is 4.79 Å². The van der Waals surface area contributed by atoms with Gasteiger partial charge in [0.05, 0.1) is 0 Å². The highest BCUT2D eigenvalue weighted by Gasteiger charge is 2.14. The molecule has 0 saturated carbocycles. The van der Waals surface area contributed by atoms with Gasteiger partial charge in [0.15, 0.2) is 0 Å². The van der Waals surface area contributed by atoms with Crippen molar-refractivity contribution in [2.24, 2.45) is 17.6 Å². The Labute approximate surface area is 90.2 Å². The molecule has 0 aliphatic carbocycles. The molecule has 1 heterocycles. The molecule has 1 rings (SSSR count). The largest absolute Gasteiger partial charge is 0.369 e. The monoisotopic (exact) mass is 216 g/mol. The molecule has 1 saturated heterocycles. The Bertz CT molecular complexity index is 181. The summed E-state index contributed by atoms with van der Waals surface area (Å²) in [6.45, 7) is 3.63. The van der Waals surface area contributed by atoms with Crippen LogP contribution in [0.3, 0.4) is 0 Å². The Balaban J connectivity index is 2.05. The number of carbonyl (C=O) groups excluding carboxylic acids is 1. The summed E-state index contributed by atoms with van der Waals surface area (Å²) in [5, 5.41) is 3.33. The molecule has 0 aromatic carbocycles. The molecule has 1 unspecified atom stereocenters.